The molecule has 0 aliphatic rings. The highest BCUT2D eigenvalue weighted by Crippen LogP contribution is 1.93. The van der Waals surface area contributed by atoms with Crippen molar-refractivity contribution in [1.82, 2.24) is 14.3 Å². The highest BCUT2D eigenvalue weighted by atomic mass is 19.1. The number of alkyl halides is 1. The monoisotopic (exact) mass is 189 g/mol. The summed E-state index contributed by atoms with van der Waals surface area (Å²) in [4.78, 5) is 11.3. The third-order valence-electron chi connectivity index (χ3n) is 1.83. The molecule has 0 bridgehead atoms. The summed E-state index contributed by atoms with van der Waals surface area (Å²) in [6, 6.07) is 0. The molecule has 5 nitrogen and oxygen atoms in total. The van der Waals surface area contributed by atoms with Gasteiger partial charge in [0.15, 0.2) is 0 Å². The average Bonchev–Trinajstić information content (AvgIpc) is 2.34. The second-order valence-electron chi connectivity index (χ2n) is 2.85. The summed E-state index contributed by atoms with van der Waals surface area (Å²) in [5.41, 5.74) is -0.367. The molecule has 0 aliphatic carbocycles. The lowest BCUT2D eigenvalue weighted by atomic mass is 10.4. The molecule has 1 heterocycles. The van der Waals surface area contributed by atoms with Gasteiger partial charge in [-0.2, -0.15) is 5.10 Å². The molecule has 0 aromatic carbocycles. The van der Waals surface area contributed by atoms with E-state index in [9.17, 15) is 9.18 Å². The molecular weight excluding hydrogens is 177 g/mol. The van der Waals surface area contributed by atoms with Gasteiger partial charge in [-0.1, -0.05) is 0 Å². The molecule has 13 heavy (non-hydrogen) atoms. The fraction of sp³-hybridized carbons (Fsp3) is 0.714. The van der Waals surface area contributed by atoms with Crippen LogP contribution in [0, 0.1) is 6.92 Å². The Labute approximate surface area is 74.4 Å². The van der Waals surface area contributed by atoms with E-state index in [0.29, 0.717) is 5.82 Å². The van der Waals surface area contributed by atoms with Gasteiger partial charge in [-0.15, -0.1) is 0 Å². The standard InChI is InChI=1S/C7H12FN3O2/c1-5-9-11(3-6(8)4-12)7(13)10(5)2/h6,12H,3-4H2,1-2H3/t6-/m0/s1. The fourth-order valence-electron chi connectivity index (χ4n) is 0.960. The minimum atomic E-state index is -1.44. The summed E-state index contributed by atoms with van der Waals surface area (Å²) in [6.07, 6.45) is -1.44. The van der Waals surface area contributed by atoms with Crippen LogP contribution in [0.5, 0.6) is 0 Å². The molecule has 0 fully saturated rings. The Kier molecular flexibility index (Phi) is 2.82. The van der Waals surface area contributed by atoms with Crippen molar-refractivity contribution in [2.45, 2.75) is 19.6 Å². The first-order valence-corrected chi connectivity index (χ1v) is 3.91. The van der Waals surface area contributed by atoms with Crippen LogP contribution in [0.2, 0.25) is 0 Å². The number of aromatic nitrogens is 3. The van der Waals surface area contributed by atoms with E-state index in [1.165, 1.54) is 4.57 Å². The van der Waals surface area contributed by atoms with Crippen LogP contribution in [-0.2, 0) is 13.6 Å². The molecule has 74 valence electrons. The number of aliphatic hydroxyl groups excluding tert-OH is 1. The van der Waals surface area contributed by atoms with Crippen LogP contribution in [-0.4, -0.2) is 32.2 Å². The molecule has 0 aliphatic heterocycles. The first kappa shape index (κ1) is 9.91. The van der Waals surface area contributed by atoms with Crippen LogP contribution < -0.4 is 5.69 Å². The smallest absolute Gasteiger partial charge is 0.345 e. The quantitative estimate of drug-likeness (QED) is 0.678. The molecule has 0 unspecified atom stereocenters. The maximum atomic E-state index is 12.7. The Morgan fingerprint density at radius 3 is 2.69 bits per heavy atom. The predicted octanol–water partition coefficient (Wildman–Crippen LogP) is -0.779. The van der Waals surface area contributed by atoms with E-state index in [4.69, 9.17) is 5.11 Å². The van der Waals surface area contributed by atoms with Crippen LogP contribution in [0.3, 0.4) is 0 Å². The van der Waals surface area contributed by atoms with Crippen LogP contribution >= 0.6 is 0 Å². The number of rotatable bonds is 3. The second-order valence-corrected chi connectivity index (χ2v) is 2.85. The van der Waals surface area contributed by atoms with Crippen LogP contribution in [0.4, 0.5) is 4.39 Å². The molecule has 1 rings (SSSR count). The molecule has 0 saturated carbocycles. The van der Waals surface area contributed by atoms with Crippen molar-refractivity contribution in [2.75, 3.05) is 6.61 Å². The maximum absolute atomic E-state index is 12.7. The molecule has 1 N–H and O–H groups in total. The maximum Gasteiger partial charge on any atom is 0.345 e. The number of nitrogens with zero attached hydrogens (tertiary/aromatic N) is 3. The van der Waals surface area contributed by atoms with Gasteiger partial charge in [-0.05, 0) is 6.92 Å². The number of aryl methyl sites for hydroxylation is 1. The number of aliphatic hydroxyl groups is 1. The molecule has 6 heteroatoms. The predicted molar refractivity (Wildman–Crippen MR) is 44.2 cm³/mol. The highest BCUT2D eigenvalue weighted by molar-refractivity contribution is 4.81. The summed E-state index contributed by atoms with van der Waals surface area (Å²) < 4.78 is 15.0. The molecular formula is C7H12FN3O2. The molecule has 0 radical (unpaired) electrons. The van der Waals surface area contributed by atoms with Crippen molar-refractivity contribution in [3.05, 3.63) is 16.3 Å². The zero-order valence-electron chi connectivity index (χ0n) is 7.57. The van der Waals surface area contributed by atoms with Gasteiger partial charge < -0.3 is 5.11 Å². The van der Waals surface area contributed by atoms with Gasteiger partial charge in [-0.3, -0.25) is 4.57 Å². The van der Waals surface area contributed by atoms with E-state index < -0.39 is 12.8 Å². The summed E-state index contributed by atoms with van der Waals surface area (Å²) in [5.74, 6) is 0.523. The van der Waals surface area contributed by atoms with Gasteiger partial charge in [0, 0.05) is 7.05 Å². The largest absolute Gasteiger partial charge is 0.393 e. The summed E-state index contributed by atoms with van der Waals surface area (Å²) in [5, 5.41) is 12.3. The minimum Gasteiger partial charge on any atom is -0.393 e. The van der Waals surface area contributed by atoms with E-state index >= 15 is 0 Å². The zero-order chi connectivity index (χ0) is 10.0. The van der Waals surface area contributed by atoms with E-state index in [0.717, 1.165) is 4.68 Å². The van der Waals surface area contributed by atoms with Gasteiger partial charge in [0.05, 0.1) is 13.2 Å². The van der Waals surface area contributed by atoms with E-state index in [1.54, 1.807) is 14.0 Å². The summed E-state index contributed by atoms with van der Waals surface area (Å²) in [6.45, 7) is 0.864. The van der Waals surface area contributed by atoms with Crippen LogP contribution in [0.15, 0.2) is 4.79 Å². The van der Waals surface area contributed by atoms with Gasteiger partial charge in [0.1, 0.15) is 12.0 Å². The first-order chi connectivity index (χ1) is 6.06. The zero-order valence-corrected chi connectivity index (χ0v) is 7.57. The molecule has 0 spiro atoms. The lowest BCUT2D eigenvalue weighted by Crippen LogP contribution is -2.28. The summed E-state index contributed by atoms with van der Waals surface area (Å²) in [7, 11) is 1.56. The van der Waals surface area contributed by atoms with E-state index in [-0.39, 0.29) is 12.2 Å². The van der Waals surface area contributed by atoms with Crippen molar-refractivity contribution in [1.29, 1.82) is 0 Å². The SMILES string of the molecule is Cc1nn(C[C@H](F)CO)c(=O)n1C. The Balaban J connectivity index is 2.90. The molecule has 0 amide bonds. The van der Waals surface area contributed by atoms with Gasteiger partial charge in [0.2, 0.25) is 0 Å². The van der Waals surface area contributed by atoms with Gasteiger partial charge in [-0.25, -0.2) is 13.9 Å². The number of hydrogen-bond donors (Lipinski definition) is 1. The van der Waals surface area contributed by atoms with Crippen molar-refractivity contribution in [3.8, 4) is 0 Å². The number of halogens is 1. The van der Waals surface area contributed by atoms with Crippen LogP contribution in [0.25, 0.3) is 0 Å². The average molecular weight is 189 g/mol. The van der Waals surface area contributed by atoms with Crippen molar-refractivity contribution < 1.29 is 9.50 Å². The highest BCUT2D eigenvalue weighted by Gasteiger charge is 2.11. The molecule has 1 atom stereocenters. The topological polar surface area (TPSA) is 60.0 Å². The van der Waals surface area contributed by atoms with Gasteiger partial charge >= 0.3 is 5.69 Å². The van der Waals surface area contributed by atoms with E-state index in [2.05, 4.69) is 5.10 Å². The lowest BCUT2D eigenvalue weighted by molar-refractivity contribution is 0.157. The van der Waals surface area contributed by atoms with Crippen molar-refractivity contribution in [2.24, 2.45) is 7.05 Å². The Morgan fingerprint density at radius 2 is 2.31 bits per heavy atom. The lowest BCUT2D eigenvalue weighted by Gasteiger charge is -2.01. The summed E-state index contributed by atoms with van der Waals surface area (Å²) >= 11 is 0. The van der Waals surface area contributed by atoms with E-state index in [1.807, 2.05) is 0 Å². The third kappa shape index (κ3) is 1.95. The van der Waals surface area contributed by atoms with Crippen LogP contribution in [0.1, 0.15) is 5.82 Å². The Morgan fingerprint density at radius 1 is 1.69 bits per heavy atom. The first-order valence-electron chi connectivity index (χ1n) is 3.91. The van der Waals surface area contributed by atoms with Crippen molar-refractivity contribution >= 4 is 0 Å². The van der Waals surface area contributed by atoms with Crippen molar-refractivity contribution in [3.63, 3.8) is 0 Å². The second kappa shape index (κ2) is 3.69. The molecule has 1 aromatic rings. The van der Waals surface area contributed by atoms with Gasteiger partial charge in [0.25, 0.3) is 0 Å². The third-order valence-corrected chi connectivity index (χ3v) is 1.83. The molecule has 0 saturated heterocycles. The minimum absolute atomic E-state index is 0.197. The normalized spacial score (nSPS) is 13.2. The Bertz CT molecular complexity index is 344. The number of hydrogen-bond acceptors (Lipinski definition) is 3. The molecule has 1 aromatic heterocycles. The fourth-order valence-corrected chi connectivity index (χ4v) is 0.960. The Hall–Kier alpha value is -1.17.